The number of carbonyl (C=O) groups excluding carboxylic acids is 1. The number of hydrogen-bond donors (Lipinski definition) is 0. The zero-order chi connectivity index (χ0) is 17.4. The monoisotopic (exact) mass is 337 g/mol. The van der Waals surface area contributed by atoms with E-state index in [1.807, 2.05) is 36.2 Å². The Bertz CT molecular complexity index is 770. The van der Waals surface area contributed by atoms with Gasteiger partial charge in [-0.25, -0.2) is 15.0 Å². The van der Waals surface area contributed by atoms with Gasteiger partial charge >= 0.3 is 0 Å². The lowest BCUT2D eigenvalue weighted by molar-refractivity contribution is 0.0734. The van der Waals surface area contributed by atoms with E-state index in [0.717, 1.165) is 49.4 Å². The Labute approximate surface area is 147 Å². The summed E-state index contributed by atoms with van der Waals surface area (Å²) < 4.78 is 0. The van der Waals surface area contributed by atoms with Crippen molar-refractivity contribution in [2.24, 2.45) is 0 Å². The molecular weight excluding hydrogens is 314 g/mol. The largest absolute Gasteiger partial charge is 0.363 e. The molecule has 2 aromatic heterocycles. The summed E-state index contributed by atoms with van der Waals surface area (Å²) >= 11 is 0. The number of nitrogens with zero attached hydrogens (tertiary/aromatic N) is 5. The van der Waals surface area contributed by atoms with Crippen LogP contribution < -0.4 is 4.90 Å². The summed E-state index contributed by atoms with van der Waals surface area (Å²) in [5.74, 6) is 2.31. The van der Waals surface area contributed by atoms with E-state index in [1.54, 1.807) is 12.4 Å². The van der Waals surface area contributed by atoms with Crippen LogP contribution in [0.2, 0.25) is 0 Å². The molecule has 25 heavy (non-hydrogen) atoms. The maximum Gasteiger partial charge on any atom is 0.257 e. The number of likely N-dealkylation sites (tertiary alicyclic amines) is 1. The van der Waals surface area contributed by atoms with Crippen molar-refractivity contribution in [3.05, 3.63) is 47.7 Å². The van der Waals surface area contributed by atoms with Gasteiger partial charge in [-0.1, -0.05) is 0 Å². The number of rotatable bonds is 4. The van der Waals surface area contributed by atoms with Gasteiger partial charge in [-0.15, -0.1) is 0 Å². The van der Waals surface area contributed by atoms with E-state index in [1.165, 1.54) is 0 Å². The van der Waals surface area contributed by atoms with E-state index in [-0.39, 0.29) is 11.9 Å². The second kappa shape index (κ2) is 6.43. The Morgan fingerprint density at radius 1 is 1.16 bits per heavy atom. The maximum atomic E-state index is 13.0. The van der Waals surface area contributed by atoms with Crippen molar-refractivity contribution in [2.75, 3.05) is 25.5 Å². The Kier molecular flexibility index (Phi) is 4.11. The molecule has 6 nitrogen and oxygen atoms in total. The highest BCUT2D eigenvalue weighted by Gasteiger charge is 2.32. The molecule has 2 fully saturated rings. The van der Waals surface area contributed by atoms with E-state index in [2.05, 4.69) is 21.0 Å². The molecule has 0 unspecified atom stereocenters. The average molecular weight is 337 g/mol. The molecule has 2 aliphatic rings. The molecule has 1 amide bonds. The van der Waals surface area contributed by atoms with Crippen LogP contribution in [0, 0.1) is 0 Å². The minimum absolute atomic E-state index is 0.0214. The fourth-order valence-electron chi connectivity index (χ4n) is 3.41. The lowest BCUT2D eigenvalue weighted by Gasteiger charge is -2.25. The predicted molar refractivity (Wildman–Crippen MR) is 95.6 cm³/mol. The zero-order valence-corrected chi connectivity index (χ0v) is 14.7. The molecule has 1 saturated heterocycles. The average Bonchev–Trinajstić information content (AvgIpc) is 3.38. The standard InChI is InChI=1S/C19H23N5O/c1-23(2)17-10-14(7-8-20-17)16-4-3-9-24(16)19(25)15-11-21-18(22-12-15)13-5-6-13/h7-8,10-13,16H,3-6,9H2,1-2H3/t16-/m1/s1. The summed E-state index contributed by atoms with van der Waals surface area (Å²) in [6, 6.07) is 4.18. The van der Waals surface area contributed by atoms with Crippen molar-refractivity contribution in [1.82, 2.24) is 19.9 Å². The van der Waals surface area contributed by atoms with Crippen LogP contribution >= 0.6 is 0 Å². The second-order valence-electron chi connectivity index (χ2n) is 7.10. The van der Waals surface area contributed by atoms with Gasteiger partial charge < -0.3 is 9.80 Å². The first-order chi connectivity index (χ1) is 12.1. The molecule has 0 aromatic carbocycles. The molecule has 0 spiro atoms. The number of amides is 1. The topological polar surface area (TPSA) is 62.2 Å². The first-order valence-electron chi connectivity index (χ1n) is 8.89. The Balaban J connectivity index is 1.56. The van der Waals surface area contributed by atoms with Gasteiger partial charge in [0.1, 0.15) is 11.6 Å². The summed E-state index contributed by atoms with van der Waals surface area (Å²) in [7, 11) is 3.95. The van der Waals surface area contributed by atoms with E-state index >= 15 is 0 Å². The Hall–Kier alpha value is -2.50. The van der Waals surface area contributed by atoms with E-state index < -0.39 is 0 Å². The highest BCUT2D eigenvalue weighted by atomic mass is 16.2. The molecule has 1 aliphatic carbocycles. The fourth-order valence-corrected chi connectivity index (χ4v) is 3.41. The fraction of sp³-hybridized carbons (Fsp3) is 0.474. The van der Waals surface area contributed by atoms with Crippen LogP contribution in [0.5, 0.6) is 0 Å². The van der Waals surface area contributed by atoms with Crippen molar-refractivity contribution >= 4 is 11.7 Å². The van der Waals surface area contributed by atoms with Gasteiger partial charge in [-0.2, -0.15) is 0 Å². The molecule has 4 rings (SSSR count). The third kappa shape index (κ3) is 3.21. The van der Waals surface area contributed by atoms with Gasteiger partial charge in [0.15, 0.2) is 0 Å². The highest BCUT2D eigenvalue weighted by Crippen LogP contribution is 2.38. The highest BCUT2D eigenvalue weighted by molar-refractivity contribution is 5.94. The number of anilines is 1. The number of aromatic nitrogens is 3. The van der Waals surface area contributed by atoms with Crippen molar-refractivity contribution in [3.63, 3.8) is 0 Å². The summed E-state index contributed by atoms with van der Waals surface area (Å²) in [6.07, 6.45) is 9.52. The number of hydrogen-bond acceptors (Lipinski definition) is 5. The van der Waals surface area contributed by atoms with Gasteiger partial charge in [0.25, 0.3) is 5.91 Å². The zero-order valence-electron chi connectivity index (χ0n) is 14.7. The number of carbonyl (C=O) groups is 1. The van der Waals surface area contributed by atoms with Crippen molar-refractivity contribution in [3.8, 4) is 0 Å². The van der Waals surface area contributed by atoms with Crippen LogP contribution in [-0.4, -0.2) is 46.4 Å². The van der Waals surface area contributed by atoms with E-state index in [0.29, 0.717) is 11.5 Å². The lowest BCUT2D eigenvalue weighted by Crippen LogP contribution is -2.31. The smallest absolute Gasteiger partial charge is 0.257 e. The molecule has 130 valence electrons. The van der Waals surface area contributed by atoms with Crippen LogP contribution in [0.3, 0.4) is 0 Å². The first-order valence-corrected chi connectivity index (χ1v) is 8.89. The molecule has 3 heterocycles. The SMILES string of the molecule is CN(C)c1cc([C@H]2CCCN2C(=O)c2cnc(C3CC3)nc2)ccn1. The molecule has 1 saturated carbocycles. The summed E-state index contributed by atoms with van der Waals surface area (Å²) in [5, 5.41) is 0. The van der Waals surface area contributed by atoms with Gasteiger partial charge in [0.2, 0.25) is 0 Å². The van der Waals surface area contributed by atoms with Crippen LogP contribution in [-0.2, 0) is 0 Å². The lowest BCUT2D eigenvalue weighted by atomic mass is 10.1. The molecule has 0 radical (unpaired) electrons. The number of pyridine rings is 1. The minimum atomic E-state index is 0.0214. The van der Waals surface area contributed by atoms with Gasteiger partial charge in [0, 0.05) is 45.1 Å². The third-order valence-electron chi connectivity index (χ3n) is 4.99. The van der Waals surface area contributed by atoms with Crippen LogP contribution in [0.1, 0.15) is 59.4 Å². The Morgan fingerprint density at radius 3 is 2.60 bits per heavy atom. The van der Waals surface area contributed by atoms with Gasteiger partial charge in [-0.05, 0) is 43.4 Å². The Morgan fingerprint density at radius 2 is 1.92 bits per heavy atom. The molecule has 2 aromatic rings. The second-order valence-corrected chi connectivity index (χ2v) is 7.10. The molecule has 0 N–H and O–H groups in total. The summed E-state index contributed by atoms with van der Waals surface area (Å²) in [4.78, 5) is 30.1. The summed E-state index contributed by atoms with van der Waals surface area (Å²) in [6.45, 7) is 0.771. The minimum Gasteiger partial charge on any atom is -0.363 e. The van der Waals surface area contributed by atoms with Crippen LogP contribution in [0.25, 0.3) is 0 Å². The van der Waals surface area contributed by atoms with Crippen LogP contribution in [0.15, 0.2) is 30.7 Å². The molecule has 0 bridgehead atoms. The van der Waals surface area contributed by atoms with Crippen molar-refractivity contribution in [1.29, 1.82) is 0 Å². The molecular formula is C19H23N5O. The molecule has 1 aliphatic heterocycles. The normalized spacial score (nSPS) is 19.9. The van der Waals surface area contributed by atoms with E-state index in [9.17, 15) is 4.79 Å². The van der Waals surface area contributed by atoms with Crippen LogP contribution in [0.4, 0.5) is 5.82 Å². The van der Waals surface area contributed by atoms with Crippen molar-refractivity contribution < 1.29 is 4.79 Å². The quantitative estimate of drug-likeness (QED) is 0.858. The molecule has 6 heteroatoms. The predicted octanol–water partition coefficient (Wildman–Crippen LogP) is 2.79. The van der Waals surface area contributed by atoms with Crippen molar-refractivity contribution in [2.45, 2.75) is 37.6 Å². The first kappa shape index (κ1) is 16.0. The molecule has 1 atom stereocenters. The van der Waals surface area contributed by atoms with E-state index in [4.69, 9.17) is 0 Å². The van der Waals surface area contributed by atoms with Gasteiger partial charge in [0.05, 0.1) is 11.6 Å². The third-order valence-corrected chi connectivity index (χ3v) is 4.99. The van der Waals surface area contributed by atoms with Gasteiger partial charge in [-0.3, -0.25) is 4.79 Å². The summed E-state index contributed by atoms with van der Waals surface area (Å²) in [5.41, 5.74) is 1.72. The maximum absolute atomic E-state index is 13.0.